The topological polar surface area (TPSA) is 61.5 Å². The highest BCUT2D eigenvalue weighted by molar-refractivity contribution is 4.91. The predicted molar refractivity (Wildman–Crippen MR) is 62.0 cm³/mol. The molecule has 0 amide bonds. The molecule has 1 aromatic rings. The van der Waals surface area contributed by atoms with Crippen LogP contribution in [0, 0.1) is 0 Å². The Balaban J connectivity index is 2.12. The summed E-state index contributed by atoms with van der Waals surface area (Å²) in [5, 5.41) is 16.5. The van der Waals surface area contributed by atoms with Gasteiger partial charge in [0.1, 0.15) is 5.76 Å². The Morgan fingerprint density at radius 3 is 2.81 bits per heavy atom. The van der Waals surface area contributed by atoms with Gasteiger partial charge in [0.05, 0.1) is 18.8 Å². The minimum Gasteiger partial charge on any atom is -0.390 e. The molecule has 5 heteroatoms. The van der Waals surface area contributed by atoms with E-state index in [4.69, 9.17) is 4.52 Å². The second-order valence-corrected chi connectivity index (χ2v) is 3.75. The molecule has 5 nitrogen and oxygen atoms in total. The largest absolute Gasteiger partial charge is 0.390 e. The van der Waals surface area contributed by atoms with E-state index in [1.165, 1.54) is 0 Å². The molecule has 0 saturated heterocycles. The zero-order chi connectivity index (χ0) is 11.8. The number of rotatable bonds is 8. The van der Waals surface area contributed by atoms with Crippen molar-refractivity contribution in [1.82, 2.24) is 15.4 Å². The zero-order valence-corrected chi connectivity index (χ0v) is 10.0. The van der Waals surface area contributed by atoms with Gasteiger partial charge in [0, 0.05) is 19.2 Å². The average molecular weight is 227 g/mol. The minimum absolute atomic E-state index is 0.345. The molecule has 0 radical (unpaired) electrons. The summed E-state index contributed by atoms with van der Waals surface area (Å²) >= 11 is 0. The van der Waals surface area contributed by atoms with E-state index >= 15 is 0 Å². The highest BCUT2D eigenvalue weighted by Gasteiger charge is 2.08. The number of hydrogen-bond acceptors (Lipinski definition) is 5. The fourth-order valence-corrected chi connectivity index (χ4v) is 1.54. The van der Waals surface area contributed by atoms with Gasteiger partial charge in [0.25, 0.3) is 0 Å². The maximum Gasteiger partial charge on any atom is 0.150 e. The fourth-order valence-electron chi connectivity index (χ4n) is 1.54. The summed E-state index contributed by atoms with van der Waals surface area (Å²) in [6.45, 7) is 8.00. The Morgan fingerprint density at radius 2 is 2.25 bits per heavy atom. The first-order chi connectivity index (χ1) is 7.76. The molecule has 0 saturated carbocycles. The van der Waals surface area contributed by atoms with E-state index in [2.05, 4.69) is 29.2 Å². The van der Waals surface area contributed by atoms with Crippen molar-refractivity contribution >= 4 is 0 Å². The van der Waals surface area contributed by atoms with Gasteiger partial charge in [-0.2, -0.15) is 0 Å². The molecule has 1 rings (SSSR count). The Labute approximate surface area is 96.4 Å². The number of nitrogens with one attached hydrogen (secondary N) is 1. The first-order valence-corrected chi connectivity index (χ1v) is 5.77. The van der Waals surface area contributed by atoms with Gasteiger partial charge in [-0.25, -0.2) is 0 Å². The molecule has 0 spiro atoms. The molecule has 92 valence electrons. The average Bonchev–Trinajstić information content (AvgIpc) is 2.79. The summed E-state index contributed by atoms with van der Waals surface area (Å²) in [6, 6.07) is 1.81. The summed E-state index contributed by atoms with van der Waals surface area (Å²) in [4.78, 5) is 2.20. The van der Waals surface area contributed by atoms with Crippen molar-refractivity contribution in [3.05, 3.63) is 18.0 Å². The number of hydrogen-bond donors (Lipinski definition) is 2. The standard InChI is InChI=1S/C11H21N3O2/c1-3-14(4-2)9-10(15)7-12-8-11-5-6-13-16-11/h5-6,10,12,15H,3-4,7-9H2,1-2H3. The highest BCUT2D eigenvalue weighted by atomic mass is 16.5. The van der Waals surface area contributed by atoms with Crippen molar-refractivity contribution in [2.45, 2.75) is 26.5 Å². The molecule has 1 atom stereocenters. The zero-order valence-electron chi connectivity index (χ0n) is 10.0. The fraction of sp³-hybridized carbons (Fsp3) is 0.727. The van der Waals surface area contributed by atoms with Crippen molar-refractivity contribution in [2.75, 3.05) is 26.2 Å². The SMILES string of the molecule is CCN(CC)CC(O)CNCc1ccno1. The molecule has 0 aromatic carbocycles. The lowest BCUT2D eigenvalue weighted by atomic mass is 10.3. The molecule has 0 bridgehead atoms. The summed E-state index contributed by atoms with van der Waals surface area (Å²) in [7, 11) is 0. The Hall–Kier alpha value is -0.910. The second kappa shape index (κ2) is 7.38. The van der Waals surface area contributed by atoms with Crippen LogP contribution in [-0.4, -0.2) is 47.4 Å². The maximum atomic E-state index is 9.76. The van der Waals surface area contributed by atoms with Crippen LogP contribution < -0.4 is 5.32 Å². The van der Waals surface area contributed by atoms with Crippen LogP contribution in [0.1, 0.15) is 19.6 Å². The maximum absolute atomic E-state index is 9.76. The molecule has 0 aliphatic carbocycles. The third-order valence-corrected chi connectivity index (χ3v) is 2.53. The van der Waals surface area contributed by atoms with E-state index in [1.54, 1.807) is 6.20 Å². The van der Waals surface area contributed by atoms with Crippen molar-refractivity contribution in [3.8, 4) is 0 Å². The van der Waals surface area contributed by atoms with Crippen LogP contribution in [0.15, 0.2) is 16.8 Å². The van der Waals surface area contributed by atoms with Crippen LogP contribution in [0.4, 0.5) is 0 Å². The minimum atomic E-state index is -0.345. The van der Waals surface area contributed by atoms with Crippen LogP contribution in [0.5, 0.6) is 0 Å². The van der Waals surface area contributed by atoms with Gasteiger partial charge < -0.3 is 19.8 Å². The summed E-state index contributed by atoms with van der Waals surface area (Å²) < 4.78 is 4.93. The van der Waals surface area contributed by atoms with E-state index in [9.17, 15) is 5.11 Å². The quantitative estimate of drug-likeness (QED) is 0.676. The number of likely N-dealkylation sites (N-methyl/N-ethyl adjacent to an activating group) is 1. The molecule has 1 heterocycles. The van der Waals surface area contributed by atoms with Crippen LogP contribution in [-0.2, 0) is 6.54 Å². The van der Waals surface area contributed by atoms with E-state index in [0.717, 1.165) is 18.8 Å². The Bertz CT molecular complexity index is 260. The van der Waals surface area contributed by atoms with E-state index < -0.39 is 0 Å². The lowest BCUT2D eigenvalue weighted by molar-refractivity contribution is 0.116. The molecule has 0 aliphatic rings. The first-order valence-electron chi connectivity index (χ1n) is 5.77. The van der Waals surface area contributed by atoms with Gasteiger partial charge in [0.2, 0.25) is 0 Å². The van der Waals surface area contributed by atoms with Crippen molar-refractivity contribution in [2.24, 2.45) is 0 Å². The number of aliphatic hydroxyl groups excluding tert-OH is 1. The van der Waals surface area contributed by atoms with Gasteiger partial charge in [-0.15, -0.1) is 0 Å². The summed E-state index contributed by atoms with van der Waals surface area (Å²) in [6.07, 6.45) is 1.27. The number of aliphatic hydroxyl groups is 1. The molecule has 0 fully saturated rings. The molecule has 0 aliphatic heterocycles. The van der Waals surface area contributed by atoms with Crippen molar-refractivity contribution < 1.29 is 9.63 Å². The lowest BCUT2D eigenvalue weighted by Gasteiger charge is -2.21. The third-order valence-electron chi connectivity index (χ3n) is 2.53. The molecular weight excluding hydrogens is 206 g/mol. The normalized spacial score (nSPS) is 13.2. The van der Waals surface area contributed by atoms with Crippen LogP contribution in [0.3, 0.4) is 0 Å². The van der Waals surface area contributed by atoms with E-state index in [0.29, 0.717) is 19.6 Å². The van der Waals surface area contributed by atoms with Crippen molar-refractivity contribution in [1.29, 1.82) is 0 Å². The Kier molecular flexibility index (Phi) is 6.07. The Morgan fingerprint density at radius 1 is 1.50 bits per heavy atom. The van der Waals surface area contributed by atoms with Gasteiger partial charge in [0.15, 0.2) is 0 Å². The lowest BCUT2D eigenvalue weighted by Crippen LogP contribution is -2.38. The van der Waals surface area contributed by atoms with Gasteiger partial charge in [-0.1, -0.05) is 19.0 Å². The van der Waals surface area contributed by atoms with Crippen LogP contribution >= 0.6 is 0 Å². The highest BCUT2D eigenvalue weighted by Crippen LogP contribution is 1.96. The van der Waals surface area contributed by atoms with Gasteiger partial charge >= 0.3 is 0 Å². The molecule has 1 unspecified atom stereocenters. The van der Waals surface area contributed by atoms with Gasteiger partial charge in [-0.05, 0) is 13.1 Å². The monoisotopic (exact) mass is 227 g/mol. The van der Waals surface area contributed by atoms with Gasteiger partial charge in [-0.3, -0.25) is 0 Å². The molecule has 2 N–H and O–H groups in total. The number of nitrogens with zero attached hydrogens (tertiary/aromatic N) is 2. The molecule has 1 aromatic heterocycles. The molecule has 16 heavy (non-hydrogen) atoms. The third kappa shape index (κ3) is 4.74. The van der Waals surface area contributed by atoms with E-state index in [1.807, 2.05) is 6.07 Å². The smallest absolute Gasteiger partial charge is 0.150 e. The summed E-state index contributed by atoms with van der Waals surface area (Å²) in [5.41, 5.74) is 0. The predicted octanol–water partition coefficient (Wildman–Crippen LogP) is 0.467. The van der Waals surface area contributed by atoms with Crippen LogP contribution in [0.25, 0.3) is 0 Å². The second-order valence-electron chi connectivity index (χ2n) is 3.75. The summed E-state index contributed by atoms with van der Waals surface area (Å²) in [5.74, 6) is 0.787. The van der Waals surface area contributed by atoms with E-state index in [-0.39, 0.29) is 6.10 Å². The molecular formula is C11H21N3O2. The van der Waals surface area contributed by atoms with Crippen molar-refractivity contribution in [3.63, 3.8) is 0 Å². The van der Waals surface area contributed by atoms with Crippen LogP contribution in [0.2, 0.25) is 0 Å². The number of aromatic nitrogens is 1. The first kappa shape index (κ1) is 13.2.